The Balaban J connectivity index is 2.66. The quantitative estimate of drug-likeness (QED) is 0.605. The van der Waals surface area contributed by atoms with Crippen LogP contribution in [-0.4, -0.2) is 29.8 Å². The first kappa shape index (κ1) is 16.1. The first-order valence-corrected chi connectivity index (χ1v) is 6.73. The van der Waals surface area contributed by atoms with Crippen LogP contribution in [0.4, 0.5) is 5.69 Å². The number of nitrogens with zero attached hydrogens (tertiary/aromatic N) is 1. The summed E-state index contributed by atoms with van der Waals surface area (Å²) in [5.74, 6) is -0.834. The molecule has 0 aliphatic rings. The molecule has 8 heteroatoms. The Hall–Kier alpha value is -1.96. The van der Waals surface area contributed by atoms with Crippen molar-refractivity contribution in [1.82, 2.24) is 10.6 Å². The molecule has 0 spiro atoms. The van der Waals surface area contributed by atoms with E-state index in [1.54, 1.807) is 0 Å². The summed E-state index contributed by atoms with van der Waals surface area (Å²) in [5, 5.41) is 15.8. The predicted molar refractivity (Wildman–Crippen MR) is 76.4 cm³/mol. The lowest BCUT2D eigenvalue weighted by Crippen LogP contribution is -2.37. The number of rotatable bonds is 6. The van der Waals surface area contributed by atoms with Crippen LogP contribution in [0, 0.1) is 10.1 Å². The number of carbonyl (C=O) groups is 2. The maximum absolute atomic E-state index is 11.8. The Morgan fingerprint density at radius 1 is 1.35 bits per heavy atom. The van der Waals surface area contributed by atoms with Crippen molar-refractivity contribution in [2.45, 2.75) is 13.3 Å². The van der Waals surface area contributed by atoms with Gasteiger partial charge in [-0.1, -0.05) is 6.92 Å². The molecule has 0 saturated heterocycles. The number of hydrogen-bond acceptors (Lipinski definition) is 4. The minimum absolute atomic E-state index is 0.128. The fraction of sp³-hybridized carbons (Fsp3) is 0.333. The summed E-state index contributed by atoms with van der Waals surface area (Å²) in [7, 11) is 0. The molecular weight excluding hydrogens is 330 g/mol. The van der Waals surface area contributed by atoms with Crippen LogP contribution >= 0.6 is 15.9 Å². The summed E-state index contributed by atoms with van der Waals surface area (Å²) in [6.07, 6.45) is 0.804. The molecule has 0 aliphatic heterocycles. The van der Waals surface area contributed by atoms with Gasteiger partial charge in [-0.25, -0.2) is 0 Å². The van der Waals surface area contributed by atoms with E-state index in [1.807, 2.05) is 6.92 Å². The molecule has 0 aromatic heterocycles. The molecule has 0 atom stereocenters. The van der Waals surface area contributed by atoms with E-state index in [-0.39, 0.29) is 23.7 Å². The van der Waals surface area contributed by atoms with Crippen molar-refractivity contribution in [1.29, 1.82) is 0 Å². The van der Waals surface area contributed by atoms with Gasteiger partial charge in [0.25, 0.3) is 11.6 Å². The molecule has 0 saturated carbocycles. The predicted octanol–water partition coefficient (Wildman–Crippen LogP) is 1.61. The Morgan fingerprint density at radius 2 is 2.05 bits per heavy atom. The smallest absolute Gasteiger partial charge is 0.284 e. The van der Waals surface area contributed by atoms with Gasteiger partial charge in [-0.3, -0.25) is 19.7 Å². The first-order chi connectivity index (χ1) is 9.45. The van der Waals surface area contributed by atoms with Crippen LogP contribution in [0.3, 0.4) is 0 Å². The Morgan fingerprint density at radius 3 is 2.65 bits per heavy atom. The van der Waals surface area contributed by atoms with E-state index >= 15 is 0 Å². The van der Waals surface area contributed by atoms with Crippen molar-refractivity contribution in [2.75, 3.05) is 13.1 Å². The van der Waals surface area contributed by atoms with Crippen molar-refractivity contribution in [3.63, 3.8) is 0 Å². The third-order valence-corrected chi connectivity index (χ3v) is 3.06. The van der Waals surface area contributed by atoms with E-state index in [9.17, 15) is 19.7 Å². The molecule has 0 radical (unpaired) electrons. The topological polar surface area (TPSA) is 101 Å². The lowest BCUT2D eigenvalue weighted by Gasteiger charge is -2.06. The second-order valence-corrected chi connectivity index (χ2v) is 4.81. The number of halogens is 1. The Kier molecular flexibility index (Phi) is 6.10. The average molecular weight is 344 g/mol. The molecule has 0 unspecified atom stereocenters. The van der Waals surface area contributed by atoms with Gasteiger partial charge < -0.3 is 10.6 Å². The van der Waals surface area contributed by atoms with Gasteiger partial charge in [0.05, 0.1) is 15.9 Å². The lowest BCUT2D eigenvalue weighted by molar-refractivity contribution is -0.385. The van der Waals surface area contributed by atoms with E-state index in [0.29, 0.717) is 11.0 Å². The van der Waals surface area contributed by atoms with Crippen molar-refractivity contribution >= 4 is 33.4 Å². The summed E-state index contributed by atoms with van der Waals surface area (Å²) >= 11 is 3.03. The molecule has 2 N–H and O–H groups in total. The SMILES string of the molecule is CCCNC(=O)CNC(=O)c1ccc(Br)c([N+](=O)[O-])c1. The number of hydrogen-bond donors (Lipinski definition) is 2. The van der Waals surface area contributed by atoms with Crippen molar-refractivity contribution in [2.24, 2.45) is 0 Å². The standard InChI is InChI=1S/C12H14BrN3O4/c1-2-5-14-11(17)7-15-12(18)8-3-4-9(13)10(6-8)16(19)20/h3-4,6H,2,5,7H2,1H3,(H,14,17)(H,15,18). The molecule has 1 rings (SSSR count). The van der Waals surface area contributed by atoms with Gasteiger partial charge in [0.1, 0.15) is 0 Å². The Bertz CT molecular complexity index is 533. The second kappa shape index (κ2) is 7.59. The molecule has 1 aromatic carbocycles. The number of nitro benzene ring substituents is 1. The van der Waals surface area contributed by atoms with Gasteiger partial charge in [0.2, 0.25) is 5.91 Å². The largest absolute Gasteiger partial charge is 0.355 e. The summed E-state index contributed by atoms with van der Waals surface area (Å²) < 4.78 is 0.291. The minimum Gasteiger partial charge on any atom is -0.355 e. The fourth-order valence-corrected chi connectivity index (χ4v) is 1.77. The zero-order chi connectivity index (χ0) is 15.1. The normalized spacial score (nSPS) is 9.90. The molecule has 108 valence electrons. The van der Waals surface area contributed by atoms with Crippen LogP contribution < -0.4 is 10.6 Å². The zero-order valence-electron chi connectivity index (χ0n) is 10.8. The van der Waals surface area contributed by atoms with Gasteiger partial charge in [-0.2, -0.15) is 0 Å². The van der Waals surface area contributed by atoms with Crippen LogP contribution in [0.1, 0.15) is 23.7 Å². The van der Waals surface area contributed by atoms with Crippen molar-refractivity contribution < 1.29 is 14.5 Å². The fourth-order valence-electron chi connectivity index (χ4n) is 1.38. The highest BCUT2D eigenvalue weighted by Crippen LogP contribution is 2.25. The number of benzene rings is 1. The van der Waals surface area contributed by atoms with Gasteiger partial charge in [0.15, 0.2) is 0 Å². The number of amides is 2. The van der Waals surface area contributed by atoms with Crippen LogP contribution in [0.2, 0.25) is 0 Å². The van der Waals surface area contributed by atoms with Crippen molar-refractivity contribution in [3.05, 3.63) is 38.3 Å². The van der Waals surface area contributed by atoms with Gasteiger partial charge in [0, 0.05) is 18.2 Å². The number of carbonyl (C=O) groups excluding carboxylic acids is 2. The summed E-state index contributed by atoms with van der Waals surface area (Å²) in [6.45, 7) is 2.29. The maximum atomic E-state index is 11.8. The summed E-state index contributed by atoms with van der Waals surface area (Å²) in [6, 6.07) is 4.02. The van der Waals surface area contributed by atoms with E-state index in [1.165, 1.54) is 12.1 Å². The van der Waals surface area contributed by atoms with E-state index in [2.05, 4.69) is 26.6 Å². The van der Waals surface area contributed by atoms with Crippen LogP contribution in [-0.2, 0) is 4.79 Å². The summed E-state index contributed by atoms with van der Waals surface area (Å²) in [4.78, 5) is 33.3. The average Bonchev–Trinajstić information content (AvgIpc) is 2.42. The zero-order valence-corrected chi connectivity index (χ0v) is 12.4. The lowest BCUT2D eigenvalue weighted by atomic mass is 10.2. The maximum Gasteiger partial charge on any atom is 0.284 e. The highest BCUT2D eigenvalue weighted by atomic mass is 79.9. The summed E-state index contributed by atoms with van der Waals surface area (Å²) in [5.41, 5.74) is -0.0729. The molecule has 0 aliphatic carbocycles. The van der Waals surface area contributed by atoms with E-state index < -0.39 is 10.8 Å². The van der Waals surface area contributed by atoms with Gasteiger partial charge >= 0.3 is 0 Å². The van der Waals surface area contributed by atoms with E-state index in [0.717, 1.165) is 12.5 Å². The van der Waals surface area contributed by atoms with Crippen molar-refractivity contribution in [3.8, 4) is 0 Å². The molecule has 0 bridgehead atoms. The minimum atomic E-state index is -0.588. The van der Waals surface area contributed by atoms with Crippen LogP contribution in [0.5, 0.6) is 0 Å². The monoisotopic (exact) mass is 343 g/mol. The highest BCUT2D eigenvalue weighted by molar-refractivity contribution is 9.10. The number of nitrogens with one attached hydrogen (secondary N) is 2. The molecule has 0 heterocycles. The third kappa shape index (κ3) is 4.61. The molecule has 20 heavy (non-hydrogen) atoms. The Labute approximate surface area is 124 Å². The third-order valence-electron chi connectivity index (χ3n) is 2.39. The highest BCUT2D eigenvalue weighted by Gasteiger charge is 2.16. The first-order valence-electron chi connectivity index (χ1n) is 5.94. The van der Waals surface area contributed by atoms with Gasteiger partial charge in [-0.05, 0) is 34.5 Å². The number of nitro groups is 1. The molecule has 2 amide bonds. The van der Waals surface area contributed by atoms with E-state index in [4.69, 9.17) is 0 Å². The molecule has 1 aromatic rings. The second-order valence-electron chi connectivity index (χ2n) is 3.96. The van der Waals surface area contributed by atoms with Crippen LogP contribution in [0.25, 0.3) is 0 Å². The molecular formula is C12H14BrN3O4. The molecule has 0 fully saturated rings. The van der Waals surface area contributed by atoms with Gasteiger partial charge in [-0.15, -0.1) is 0 Å². The molecule has 7 nitrogen and oxygen atoms in total. The van der Waals surface area contributed by atoms with Crippen LogP contribution in [0.15, 0.2) is 22.7 Å².